The van der Waals surface area contributed by atoms with Gasteiger partial charge in [-0.25, -0.2) is 0 Å². The van der Waals surface area contributed by atoms with Crippen LogP contribution in [0.2, 0.25) is 0 Å². The molecule has 1 aromatic heterocycles. The minimum absolute atomic E-state index is 1.04. The van der Waals surface area contributed by atoms with Gasteiger partial charge in [-0.2, -0.15) is 0 Å². The van der Waals surface area contributed by atoms with Crippen LogP contribution in [0.4, 0.5) is 0 Å². The third-order valence-corrected chi connectivity index (χ3v) is 1.90. The summed E-state index contributed by atoms with van der Waals surface area (Å²) >= 11 is 2.45. The summed E-state index contributed by atoms with van der Waals surface area (Å²) in [4.78, 5) is 3.18. The number of hydrogen-bond donors (Lipinski definition) is 1. The summed E-state index contributed by atoms with van der Waals surface area (Å²) in [6.45, 7) is 0. The molecular weight excluding hydrogens is 189 g/mol. The van der Waals surface area contributed by atoms with Gasteiger partial charge >= 0.3 is 66.8 Å². The molecule has 2 heteroatoms. The Balaban J connectivity index is 2.88. The Morgan fingerprint density at radius 2 is 2.10 bits per heavy atom. The van der Waals surface area contributed by atoms with Crippen LogP contribution in [0.15, 0.2) is 24.3 Å². The van der Waals surface area contributed by atoms with Crippen molar-refractivity contribution in [1.29, 1.82) is 0 Å². The molecule has 0 amide bonds. The quantitative estimate of drug-likeness (QED) is 0.589. The van der Waals surface area contributed by atoms with Crippen LogP contribution in [-0.2, 0) is 0 Å². The number of aromatic amines is 1. The van der Waals surface area contributed by atoms with Crippen LogP contribution in [0.3, 0.4) is 0 Å². The van der Waals surface area contributed by atoms with Gasteiger partial charge < -0.3 is 0 Å². The van der Waals surface area contributed by atoms with Gasteiger partial charge in [-0.1, -0.05) is 0 Å². The molecule has 0 bridgehead atoms. The minimum atomic E-state index is 1.04. The van der Waals surface area contributed by atoms with Crippen molar-refractivity contribution in [1.82, 2.24) is 4.98 Å². The van der Waals surface area contributed by atoms with Gasteiger partial charge in [-0.3, -0.25) is 0 Å². The van der Waals surface area contributed by atoms with Crippen LogP contribution in [0.25, 0.3) is 10.9 Å². The average Bonchev–Trinajstić information content (AvgIpc) is 2.27. The molecule has 1 heterocycles. The van der Waals surface area contributed by atoms with Gasteiger partial charge in [-0.15, -0.1) is 0 Å². The molecule has 0 atom stereocenters. The zero-order valence-corrected chi connectivity index (χ0v) is 7.13. The van der Waals surface area contributed by atoms with Crippen molar-refractivity contribution >= 4 is 31.5 Å². The third-order valence-electron chi connectivity index (χ3n) is 1.43. The standard InChI is InChI=1S/C8H6NSe/c10-8-5-6-3-1-2-4-7(6)9-8/h1-4,9-10H. The Morgan fingerprint density at radius 1 is 1.30 bits per heavy atom. The van der Waals surface area contributed by atoms with Crippen molar-refractivity contribution in [2.45, 2.75) is 0 Å². The number of benzene rings is 1. The number of hydrogen-bond acceptors (Lipinski definition) is 0. The first-order valence-electron chi connectivity index (χ1n) is 3.05. The summed E-state index contributed by atoms with van der Waals surface area (Å²) in [5.41, 5.74) is 1.15. The maximum absolute atomic E-state index is 3.18. The van der Waals surface area contributed by atoms with E-state index in [1.165, 1.54) is 0 Å². The summed E-state index contributed by atoms with van der Waals surface area (Å²) in [5, 5.41) is 1.15. The third kappa shape index (κ3) is 0.859. The fraction of sp³-hybridized carbons (Fsp3) is 0. The van der Waals surface area contributed by atoms with E-state index in [-0.39, 0.29) is 0 Å². The van der Waals surface area contributed by atoms with E-state index in [1.54, 1.807) is 0 Å². The molecule has 2 rings (SSSR count). The molecule has 1 N–H and O–H groups in total. The molecule has 2 aromatic rings. The number of nitrogens with one attached hydrogen (secondary N) is 1. The van der Waals surface area contributed by atoms with Crippen LogP contribution >= 0.6 is 0 Å². The Morgan fingerprint density at radius 3 is 2.90 bits per heavy atom. The van der Waals surface area contributed by atoms with Crippen molar-refractivity contribution in [2.75, 3.05) is 0 Å². The zero-order chi connectivity index (χ0) is 6.97. The van der Waals surface area contributed by atoms with E-state index in [4.69, 9.17) is 0 Å². The molecule has 10 heavy (non-hydrogen) atoms. The first-order valence-corrected chi connectivity index (χ1v) is 3.99. The number of rotatable bonds is 0. The van der Waals surface area contributed by atoms with Gasteiger partial charge in [-0.05, 0) is 0 Å². The molecule has 49 valence electrons. The van der Waals surface area contributed by atoms with Gasteiger partial charge in [0.1, 0.15) is 0 Å². The molecule has 1 aromatic carbocycles. The van der Waals surface area contributed by atoms with E-state index in [9.17, 15) is 0 Å². The fourth-order valence-corrected chi connectivity index (χ4v) is 1.49. The summed E-state index contributed by atoms with van der Waals surface area (Å²) in [6.07, 6.45) is 0. The molecule has 0 saturated heterocycles. The van der Waals surface area contributed by atoms with E-state index in [0.29, 0.717) is 0 Å². The molecule has 0 aliphatic rings. The first kappa shape index (κ1) is 6.02. The van der Waals surface area contributed by atoms with E-state index < -0.39 is 0 Å². The summed E-state index contributed by atoms with van der Waals surface area (Å²) < 4.78 is 1.04. The van der Waals surface area contributed by atoms with Crippen molar-refractivity contribution < 1.29 is 0 Å². The van der Waals surface area contributed by atoms with Gasteiger partial charge in [0.15, 0.2) is 0 Å². The predicted molar refractivity (Wildman–Crippen MR) is 43.9 cm³/mol. The second kappa shape index (κ2) is 2.15. The van der Waals surface area contributed by atoms with Crippen LogP contribution in [0.5, 0.6) is 0 Å². The summed E-state index contributed by atoms with van der Waals surface area (Å²) in [5.74, 6) is 0. The van der Waals surface area contributed by atoms with Crippen LogP contribution in [-0.4, -0.2) is 21.0 Å². The predicted octanol–water partition coefficient (Wildman–Crippen LogP) is 0.494. The molecule has 0 saturated carbocycles. The molecule has 0 aliphatic carbocycles. The monoisotopic (exact) mass is 196 g/mol. The molecule has 0 spiro atoms. The Kier molecular flexibility index (Phi) is 1.30. The molecular formula is C8H6NSe. The number of fused-ring (bicyclic) bond motifs is 1. The molecule has 1 nitrogen and oxygen atoms in total. The summed E-state index contributed by atoms with van der Waals surface area (Å²) in [7, 11) is 0. The number of H-pyrrole nitrogens is 1. The maximum atomic E-state index is 3.18. The van der Waals surface area contributed by atoms with Crippen LogP contribution < -0.4 is 4.59 Å². The van der Waals surface area contributed by atoms with Crippen LogP contribution in [0.1, 0.15) is 0 Å². The SMILES string of the molecule is [SeH]c1[c]c2ccccc2[nH]1. The van der Waals surface area contributed by atoms with Crippen LogP contribution in [0, 0.1) is 6.07 Å². The summed E-state index contributed by atoms with van der Waals surface area (Å²) in [6, 6.07) is 11.3. The molecule has 0 fully saturated rings. The number of para-hydroxylation sites is 1. The normalized spacial score (nSPS) is 10.5. The topological polar surface area (TPSA) is 15.8 Å². The van der Waals surface area contributed by atoms with E-state index in [1.807, 2.05) is 24.3 Å². The fourth-order valence-electron chi connectivity index (χ4n) is 0.987. The van der Waals surface area contributed by atoms with E-state index in [2.05, 4.69) is 27.1 Å². The molecule has 1 radical (unpaired) electrons. The van der Waals surface area contributed by atoms with Crippen molar-refractivity contribution in [3.05, 3.63) is 30.3 Å². The first-order chi connectivity index (χ1) is 4.86. The molecule has 0 unspecified atom stereocenters. The zero-order valence-electron chi connectivity index (χ0n) is 5.26. The Hall–Kier alpha value is -0.721. The Bertz CT molecular complexity index is 318. The van der Waals surface area contributed by atoms with Crippen molar-refractivity contribution in [2.24, 2.45) is 0 Å². The van der Waals surface area contributed by atoms with Gasteiger partial charge in [0.2, 0.25) is 0 Å². The Labute approximate surface area is 67.3 Å². The second-order valence-corrected chi connectivity index (χ2v) is 3.08. The van der Waals surface area contributed by atoms with Gasteiger partial charge in [0.25, 0.3) is 0 Å². The molecule has 0 aliphatic heterocycles. The van der Waals surface area contributed by atoms with E-state index in [0.717, 1.165) is 15.5 Å². The van der Waals surface area contributed by atoms with Crippen molar-refractivity contribution in [3.8, 4) is 0 Å². The second-order valence-electron chi connectivity index (χ2n) is 2.14. The van der Waals surface area contributed by atoms with Gasteiger partial charge in [0, 0.05) is 0 Å². The van der Waals surface area contributed by atoms with Gasteiger partial charge in [0.05, 0.1) is 0 Å². The van der Waals surface area contributed by atoms with Crippen molar-refractivity contribution in [3.63, 3.8) is 0 Å². The number of aromatic nitrogens is 1. The van der Waals surface area contributed by atoms with E-state index >= 15 is 0 Å². The average molecular weight is 195 g/mol.